The Morgan fingerprint density at radius 3 is 2.56 bits per heavy atom. The van der Waals surface area contributed by atoms with E-state index in [0.717, 1.165) is 18.0 Å². The van der Waals surface area contributed by atoms with Gasteiger partial charge in [-0.15, -0.1) is 0 Å². The van der Waals surface area contributed by atoms with E-state index in [1.54, 1.807) is 0 Å². The molecule has 2 aliphatic rings. The minimum absolute atomic E-state index is 0.625. The fourth-order valence-electron chi connectivity index (χ4n) is 3.01. The van der Waals surface area contributed by atoms with Crippen molar-refractivity contribution in [1.29, 1.82) is 0 Å². The minimum Gasteiger partial charge on any atom is -0.317 e. The average Bonchev–Trinajstić information content (AvgIpc) is 3.06. The van der Waals surface area contributed by atoms with E-state index in [1.165, 1.54) is 32.4 Å². The highest BCUT2D eigenvalue weighted by molar-refractivity contribution is 8.00. The molecule has 0 spiro atoms. The molecule has 1 heterocycles. The zero-order valence-corrected chi connectivity index (χ0v) is 11.9. The number of thioether (sulfide) groups is 1. The molecule has 1 saturated carbocycles. The molecule has 2 fully saturated rings. The highest BCUT2D eigenvalue weighted by Gasteiger charge is 2.45. The fraction of sp³-hybridized carbons (Fsp3) is 1.00. The van der Waals surface area contributed by atoms with E-state index in [2.05, 4.69) is 49.1 Å². The third-order valence-electron chi connectivity index (χ3n) is 4.80. The molecule has 3 atom stereocenters. The smallest absolute Gasteiger partial charge is 0.0285 e. The van der Waals surface area contributed by atoms with E-state index >= 15 is 0 Å². The van der Waals surface area contributed by atoms with Gasteiger partial charge in [-0.25, -0.2) is 0 Å². The van der Waals surface area contributed by atoms with Crippen molar-refractivity contribution < 1.29 is 0 Å². The second-order valence-corrected chi connectivity index (χ2v) is 6.92. The zero-order chi connectivity index (χ0) is 11.8. The van der Waals surface area contributed by atoms with Gasteiger partial charge < -0.3 is 5.32 Å². The van der Waals surface area contributed by atoms with Crippen molar-refractivity contribution in [3.8, 4) is 0 Å². The lowest BCUT2D eigenvalue weighted by molar-refractivity contribution is 0.0865. The van der Waals surface area contributed by atoms with Crippen LogP contribution in [-0.4, -0.2) is 48.1 Å². The van der Waals surface area contributed by atoms with Crippen LogP contribution in [0.5, 0.6) is 0 Å². The number of rotatable bonds is 4. The van der Waals surface area contributed by atoms with Crippen molar-refractivity contribution in [3.63, 3.8) is 0 Å². The Kier molecular flexibility index (Phi) is 3.87. The van der Waals surface area contributed by atoms with E-state index in [-0.39, 0.29) is 0 Å². The van der Waals surface area contributed by atoms with Crippen molar-refractivity contribution in [2.75, 3.05) is 26.4 Å². The second-order valence-electron chi connectivity index (χ2n) is 5.64. The van der Waals surface area contributed by atoms with E-state index in [0.29, 0.717) is 4.75 Å². The summed E-state index contributed by atoms with van der Waals surface area (Å²) >= 11 is 2.08. The van der Waals surface area contributed by atoms with Crippen molar-refractivity contribution in [2.45, 2.75) is 49.9 Å². The first-order valence-corrected chi connectivity index (χ1v) is 7.81. The molecule has 0 aromatic heterocycles. The van der Waals surface area contributed by atoms with Gasteiger partial charge in [0.1, 0.15) is 0 Å². The maximum atomic E-state index is 3.47. The highest BCUT2D eigenvalue weighted by Crippen LogP contribution is 2.48. The van der Waals surface area contributed by atoms with E-state index in [4.69, 9.17) is 0 Å². The van der Waals surface area contributed by atoms with Gasteiger partial charge in [-0.2, -0.15) is 11.8 Å². The summed E-state index contributed by atoms with van der Waals surface area (Å²) in [6.07, 6.45) is 6.45. The molecule has 3 heteroatoms. The molecule has 3 unspecified atom stereocenters. The lowest BCUT2D eigenvalue weighted by atomic mass is 9.87. The number of piperidine rings is 1. The Balaban J connectivity index is 1.92. The number of hydrogen-bond acceptors (Lipinski definition) is 3. The molecule has 0 aromatic carbocycles. The van der Waals surface area contributed by atoms with Crippen LogP contribution in [0.15, 0.2) is 0 Å². The first-order chi connectivity index (χ1) is 7.62. The Labute approximate surface area is 105 Å². The van der Waals surface area contributed by atoms with Crippen LogP contribution < -0.4 is 5.32 Å². The SMILES string of the molecule is CNC1CCN(CC2(SC)CC2)C(C)C1C. The minimum atomic E-state index is 0.625. The summed E-state index contributed by atoms with van der Waals surface area (Å²) in [4.78, 5) is 2.72. The van der Waals surface area contributed by atoms with E-state index in [1.807, 2.05) is 0 Å². The van der Waals surface area contributed by atoms with Gasteiger partial charge in [-0.1, -0.05) is 6.92 Å². The van der Waals surface area contributed by atoms with Crippen LogP contribution >= 0.6 is 11.8 Å². The van der Waals surface area contributed by atoms with Crippen LogP contribution in [0, 0.1) is 5.92 Å². The second kappa shape index (κ2) is 4.87. The lowest BCUT2D eigenvalue weighted by Gasteiger charge is -2.44. The van der Waals surface area contributed by atoms with Crippen LogP contribution in [0.1, 0.15) is 33.1 Å². The Bertz CT molecular complexity index is 240. The van der Waals surface area contributed by atoms with Crippen LogP contribution in [0.4, 0.5) is 0 Å². The lowest BCUT2D eigenvalue weighted by Crippen LogP contribution is -2.54. The van der Waals surface area contributed by atoms with Crippen LogP contribution in [0.25, 0.3) is 0 Å². The molecule has 2 nitrogen and oxygen atoms in total. The van der Waals surface area contributed by atoms with Crippen molar-refractivity contribution in [1.82, 2.24) is 10.2 Å². The van der Waals surface area contributed by atoms with E-state index < -0.39 is 0 Å². The average molecular weight is 242 g/mol. The van der Waals surface area contributed by atoms with Gasteiger partial charge in [-0.3, -0.25) is 4.90 Å². The van der Waals surface area contributed by atoms with Gasteiger partial charge >= 0.3 is 0 Å². The van der Waals surface area contributed by atoms with Crippen LogP contribution in [0.2, 0.25) is 0 Å². The molecule has 1 saturated heterocycles. The van der Waals surface area contributed by atoms with Crippen molar-refractivity contribution in [3.05, 3.63) is 0 Å². The normalized spacial score (nSPS) is 38.6. The van der Waals surface area contributed by atoms with Crippen LogP contribution in [0.3, 0.4) is 0 Å². The monoisotopic (exact) mass is 242 g/mol. The predicted octanol–water partition coefficient (Wildman–Crippen LogP) is 2.20. The number of likely N-dealkylation sites (tertiary alicyclic amines) is 1. The zero-order valence-electron chi connectivity index (χ0n) is 11.1. The molecule has 1 aliphatic carbocycles. The predicted molar refractivity (Wildman–Crippen MR) is 73.1 cm³/mol. The number of hydrogen-bond donors (Lipinski definition) is 1. The third-order valence-corrected chi connectivity index (χ3v) is 6.20. The fourth-order valence-corrected chi connectivity index (χ4v) is 3.81. The van der Waals surface area contributed by atoms with Crippen molar-refractivity contribution in [2.24, 2.45) is 5.92 Å². The number of nitrogens with one attached hydrogen (secondary N) is 1. The summed E-state index contributed by atoms with van der Waals surface area (Å²) in [7, 11) is 2.10. The van der Waals surface area contributed by atoms with E-state index in [9.17, 15) is 0 Å². The number of nitrogens with zero attached hydrogens (tertiary/aromatic N) is 1. The summed E-state index contributed by atoms with van der Waals surface area (Å²) in [5, 5.41) is 3.47. The summed E-state index contributed by atoms with van der Waals surface area (Å²) in [6.45, 7) is 7.40. The highest BCUT2D eigenvalue weighted by atomic mass is 32.2. The summed E-state index contributed by atoms with van der Waals surface area (Å²) in [5.41, 5.74) is 0. The molecule has 1 aliphatic heterocycles. The topological polar surface area (TPSA) is 15.3 Å². The van der Waals surface area contributed by atoms with Gasteiger partial charge in [-0.05, 0) is 52.0 Å². The van der Waals surface area contributed by atoms with Gasteiger partial charge in [0.15, 0.2) is 0 Å². The van der Waals surface area contributed by atoms with Crippen molar-refractivity contribution >= 4 is 11.8 Å². The molecule has 1 N–H and O–H groups in total. The Hall–Kier alpha value is 0.270. The van der Waals surface area contributed by atoms with Crippen LogP contribution in [-0.2, 0) is 0 Å². The maximum Gasteiger partial charge on any atom is 0.0285 e. The molecular formula is C13H26N2S. The molecule has 0 amide bonds. The standard InChI is InChI=1S/C13H26N2S/c1-10-11(2)15(8-5-12(10)14-3)9-13(16-4)6-7-13/h10-12,14H,5-9H2,1-4H3. The summed E-state index contributed by atoms with van der Waals surface area (Å²) < 4.78 is 0.625. The Morgan fingerprint density at radius 2 is 2.06 bits per heavy atom. The van der Waals surface area contributed by atoms with Gasteiger partial charge in [0.25, 0.3) is 0 Å². The van der Waals surface area contributed by atoms with Gasteiger partial charge in [0.05, 0.1) is 0 Å². The molecule has 2 rings (SSSR count). The summed E-state index contributed by atoms with van der Waals surface area (Å²) in [5.74, 6) is 0.774. The molecular weight excluding hydrogens is 216 g/mol. The quantitative estimate of drug-likeness (QED) is 0.813. The van der Waals surface area contributed by atoms with Gasteiger partial charge in [0.2, 0.25) is 0 Å². The molecule has 0 bridgehead atoms. The molecule has 94 valence electrons. The Morgan fingerprint density at radius 1 is 1.38 bits per heavy atom. The molecule has 16 heavy (non-hydrogen) atoms. The third kappa shape index (κ3) is 2.41. The maximum absolute atomic E-state index is 3.47. The molecule has 0 radical (unpaired) electrons. The van der Waals surface area contributed by atoms with Gasteiger partial charge in [0, 0.05) is 23.4 Å². The first-order valence-electron chi connectivity index (χ1n) is 6.58. The first kappa shape index (κ1) is 12.7. The molecule has 0 aromatic rings. The largest absolute Gasteiger partial charge is 0.317 e. The summed E-state index contributed by atoms with van der Waals surface area (Å²) in [6, 6.07) is 1.45.